The van der Waals surface area contributed by atoms with Crippen LogP contribution in [0, 0.1) is 11.6 Å². The third kappa shape index (κ3) is 5.36. The summed E-state index contributed by atoms with van der Waals surface area (Å²) in [5, 5.41) is 0.112. The first-order valence-corrected chi connectivity index (χ1v) is 14.0. The first-order chi connectivity index (χ1) is 20.1. The number of anilines is 2. The van der Waals surface area contributed by atoms with Crippen LogP contribution in [0.25, 0.3) is 10.9 Å². The van der Waals surface area contributed by atoms with Crippen LogP contribution < -0.4 is 25.5 Å². The molecule has 2 N–H and O–H groups in total. The van der Waals surface area contributed by atoms with Gasteiger partial charge in [-0.25, -0.2) is 14.4 Å². The van der Waals surface area contributed by atoms with Crippen molar-refractivity contribution in [3.8, 4) is 11.6 Å². The molecule has 5 heterocycles. The SMILES string of the molecule is COc1cc(CN(Cc2cn3c4c(c(F)c(F)cc4c2=O)OC(C)(C)C3)C2CCCN(c3ccc(N)nc3)C2)ccn1. The third-order valence-electron chi connectivity index (χ3n) is 8.03. The topological polar surface area (TPSA) is 98.7 Å². The molecule has 4 aromatic rings. The summed E-state index contributed by atoms with van der Waals surface area (Å²) in [6.07, 6.45) is 7.14. The standard InChI is InChI=1S/C31H34F2N6O3/c1-31(2)18-39-16-20(29(40)23-12-24(32)27(33)30(42-31)28(23)39)15-38(14-19-8-9-35-26(11-19)41-3)22-5-4-10-37(17-22)21-6-7-25(34)36-13-21/h6-9,11-13,16,22H,4-5,10,14-15,17-18H2,1-3H3,(H2,34,36). The summed E-state index contributed by atoms with van der Waals surface area (Å²) >= 11 is 0. The Morgan fingerprint density at radius 3 is 2.79 bits per heavy atom. The second-order valence-corrected chi connectivity index (χ2v) is 11.7. The van der Waals surface area contributed by atoms with Crippen molar-refractivity contribution < 1.29 is 18.3 Å². The first kappa shape index (κ1) is 27.9. The van der Waals surface area contributed by atoms with Gasteiger partial charge >= 0.3 is 0 Å². The van der Waals surface area contributed by atoms with Gasteiger partial charge in [0.1, 0.15) is 11.4 Å². The van der Waals surface area contributed by atoms with Gasteiger partial charge in [0.05, 0.1) is 36.4 Å². The molecule has 1 saturated heterocycles. The lowest BCUT2D eigenvalue weighted by molar-refractivity contribution is 0.0746. The van der Waals surface area contributed by atoms with Crippen LogP contribution in [-0.2, 0) is 19.6 Å². The molecule has 1 unspecified atom stereocenters. The highest BCUT2D eigenvalue weighted by molar-refractivity contribution is 5.86. The molecule has 42 heavy (non-hydrogen) atoms. The van der Waals surface area contributed by atoms with E-state index >= 15 is 0 Å². The molecule has 0 bridgehead atoms. The largest absolute Gasteiger partial charge is 0.481 e. The number of nitrogens with zero attached hydrogens (tertiary/aromatic N) is 5. The summed E-state index contributed by atoms with van der Waals surface area (Å²) in [7, 11) is 1.58. The molecule has 220 valence electrons. The Morgan fingerprint density at radius 2 is 2.02 bits per heavy atom. The summed E-state index contributed by atoms with van der Waals surface area (Å²) in [6, 6.07) is 8.67. The average Bonchev–Trinajstić information content (AvgIpc) is 2.97. The minimum Gasteiger partial charge on any atom is -0.481 e. The molecule has 0 amide bonds. The van der Waals surface area contributed by atoms with Crippen LogP contribution in [0.1, 0.15) is 37.8 Å². The number of nitrogen functional groups attached to an aromatic ring is 1. The van der Waals surface area contributed by atoms with E-state index in [9.17, 15) is 13.6 Å². The number of methoxy groups -OCH3 is 1. The molecule has 1 fully saturated rings. The minimum absolute atomic E-state index is 0.0900. The van der Waals surface area contributed by atoms with Crippen molar-refractivity contribution in [2.24, 2.45) is 0 Å². The number of rotatable bonds is 7. The van der Waals surface area contributed by atoms with Gasteiger partial charge in [-0.1, -0.05) is 0 Å². The van der Waals surface area contributed by atoms with Gasteiger partial charge < -0.3 is 24.7 Å². The molecular formula is C31H34F2N6O3. The fourth-order valence-electron chi connectivity index (χ4n) is 6.08. The quantitative estimate of drug-likeness (QED) is 0.344. The van der Waals surface area contributed by atoms with E-state index in [1.54, 1.807) is 31.8 Å². The summed E-state index contributed by atoms with van der Waals surface area (Å²) < 4.78 is 42.5. The number of benzene rings is 1. The van der Waals surface area contributed by atoms with Crippen LogP contribution in [0.4, 0.5) is 20.3 Å². The molecule has 0 saturated carbocycles. The van der Waals surface area contributed by atoms with Gasteiger partial charge in [0, 0.05) is 56.2 Å². The van der Waals surface area contributed by atoms with Crippen molar-refractivity contribution >= 4 is 22.4 Å². The molecule has 2 aliphatic rings. The summed E-state index contributed by atoms with van der Waals surface area (Å²) in [5.41, 5.74) is 7.46. The summed E-state index contributed by atoms with van der Waals surface area (Å²) in [4.78, 5) is 26.9. The summed E-state index contributed by atoms with van der Waals surface area (Å²) in [5.74, 6) is -1.42. The predicted octanol–water partition coefficient (Wildman–Crippen LogP) is 4.50. The van der Waals surface area contributed by atoms with Gasteiger partial charge in [0.15, 0.2) is 17.0 Å². The van der Waals surface area contributed by atoms with E-state index in [0.717, 1.165) is 43.2 Å². The van der Waals surface area contributed by atoms with Crippen LogP contribution in [-0.4, -0.2) is 51.3 Å². The highest BCUT2D eigenvalue weighted by Crippen LogP contribution is 2.37. The third-order valence-corrected chi connectivity index (χ3v) is 8.03. The Morgan fingerprint density at radius 1 is 1.19 bits per heavy atom. The number of halogens is 2. The highest BCUT2D eigenvalue weighted by atomic mass is 19.2. The monoisotopic (exact) mass is 576 g/mol. The molecule has 3 aromatic heterocycles. The van der Waals surface area contributed by atoms with E-state index in [4.69, 9.17) is 15.2 Å². The fourth-order valence-corrected chi connectivity index (χ4v) is 6.08. The van der Waals surface area contributed by atoms with Gasteiger partial charge in [0.2, 0.25) is 11.7 Å². The van der Waals surface area contributed by atoms with Crippen molar-refractivity contribution in [1.82, 2.24) is 19.4 Å². The average molecular weight is 577 g/mol. The Labute approximate surface area is 242 Å². The van der Waals surface area contributed by atoms with Crippen LogP contribution in [0.3, 0.4) is 0 Å². The molecule has 0 aliphatic carbocycles. The maximum absolute atomic E-state index is 14.8. The number of nitrogens with two attached hydrogens (primary N) is 1. The van der Waals surface area contributed by atoms with E-state index in [1.165, 1.54) is 0 Å². The number of aromatic nitrogens is 3. The van der Waals surface area contributed by atoms with Gasteiger partial charge in [0.25, 0.3) is 0 Å². The zero-order valence-corrected chi connectivity index (χ0v) is 23.9. The Kier molecular flexibility index (Phi) is 7.22. The molecule has 1 atom stereocenters. The lowest BCUT2D eigenvalue weighted by atomic mass is 10.0. The van der Waals surface area contributed by atoms with E-state index in [0.29, 0.717) is 36.9 Å². The molecule has 6 rings (SSSR count). The van der Waals surface area contributed by atoms with Crippen LogP contribution in [0.5, 0.6) is 11.6 Å². The predicted molar refractivity (Wildman–Crippen MR) is 157 cm³/mol. The van der Waals surface area contributed by atoms with Gasteiger partial charge in [-0.2, -0.15) is 4.39 Å². The van der Waals surface area contributed by atoms with E-state index in [1.807, 2.05) is 36.6 Å². The number of hydrogen-bond acceptors (Lipinski definition) is 8. The van der Waals surface area contributed by atoms with Crippen molar-refractivity contribution in [2.45, 2.75) is 58.0 Å². The van der Waals surface area contributed by atoms with Crippen molar-refractivity contribution in [3.05, 3.63) is 81.9 Å². The van der Waals surface area contributed by atoms with E-state index in [2.05, 4.69) is 19.8 Å². The molecule has 11 heteroatoms. The number of piperidine rings is 1. The second-order valence-electron chi connectivity index (χ2n) is 11.7. The molecule has 2 aliphatic heterocycles. The molecular weight excluding hydrogens is 542 g/mol. The Bertz CT molecular complexity index is 1690. The van der Waals surface area contributed by atoms with Gasteiger partial charge in [-0.3, -0.25) is 9.69 Å². The summed E-state index contributed by atoms with van der Waals surface area (Å²) in [6.45, 7) is 6.47. The fraction of sp³-hybridized carbons (Fsp3) is 0.387. The smallest absolute Gasteiger partial charge is 0.213 e. The number of pyridine rings is 3. The van der Waals surface area contributed by atoms with E-state index in [-0.39, 0.29) is 28.1 Å². The number of hydrogen-bond donors (Lipinski definition) is 1. The zero-order valence-electron chi connectivity index (χ0n) is 23.9. The number of ether oxygens (including phenoxy) is 2. The van der Waals surface area contributed by atoms with Gasteiger partial charge in [-0.15, -0.1) is 0 Å². The van der Waals surface area contributed by atoms with Crippen LogP contribution in [0.2, 0.25) is 0 Å². The van der Waals surface area contributed by atoms with Crippen molar-refractivity contribution in [1.29, 1.82) is 0 Å². The lowest BCUT2D eigenvalue weighted by Gasteiger charge is -2.40. The molecule has 0 spiro atoms. The van der Waals surface area contributed by atoms with Crippen molar-refractivity contribution in [3.63, 3.8) is 0 Å². The van der Waals surface area contributed by atoms with E-state index < -0.39 is 17.2 Å². The first-order valence-electron chi connectivity index (χ1n) is 14.0. The molecule has 9 nitrogen and oxygen atoms in total. The molecule has 0 radical (unpaired) electrons. The Hall–Kier alpha value is -4.25. The second kappa shape index (κ2) is 10.9. The maximum Gasteiger partial charge on any atom is 0.213 e. The normalized spacial score (nSPS) is 17.9. The van der Waals surface area contributed by atoms with Gasteiger partial charge in [-0.05, 0) is 56.5 Å². The van der Waals surface area contributed by atoms with Crippen LogP contribution in [0.15, 0.2) is 53.7 Å². The highest BCUT2D eigenvalue weighted by Gasteiger charge is 2.34. The Balaban J connectivity index is 1.40. The van der Waals surface area contributed by atoms with Crippen molar-refractivity contribution in [2.75, 3.05) is 30.8 Å². The van der Waals surface area contributed by atoms with Crippen LogP contribution >= 0.6 is 0 Å². The molecule has 1 aromatic carbocycles. The lowest BCUT2D eigenvalue weighted by Crippen LogP contribution is -2.48. The zero-order chi connectivity index (χ0) is 29.6. The maximum atomic E-state index is 14.8. The minimum atomic E-state index is -1.10.